The molecule has 0 amide bonds. The Kier molecular flexibility index (Phi) is 3.39. The molecule has 0 aromatic carbocycles. The summed E-state index contributed by atoms with van der Waals surface area (Å²) >= 11 is 0. The van der Waals surface area contributed by atoms with Crippen molar-refractivity contribution in [1.29, 1.82) is 0 Å². The van der Waals surface area contributed by atoms with Gasteiger partial charge in [-0.15, -0.1) is 0 Å². The largest absolute Gasteiger partial charge is 0.354 e. The Balaban J connectivity index is 2.72. The maximum atomic E-state index is 2.27. The van der Waals surface area contributed by atoms with Gasteiger partial charge < -0.3 is 4.57 Å². The minimum absolute atomic E-state index is 0.759. The molecule has 68 valence electrons. The van der Waals surface area contributed by atoms with Crippen LogP contribution in [0.5, 0.6) is 0 Å². The molecule has 1 nitrogen and oxygen atoms in total. The van der Waals surface area contributed by atoms with E-state index >= 15 is 0 Å². The molecule has 0 N–H and O–H groups in total. The fourth-order valence-corrected chi connectivity index (χ4v) is 1.81. The third-order valence-corrected chi connectivity index (χ3v) is 2.53. The molecule has 0 aliphatic carbocycles. The highest BCUT2D eigenvalue weighted by molar-refractivity contribution is 5.11. The van der Waals surface area contributed by atoms with Crippen molar-refractivity contribution in [2.75, 3.05) is 0 Å². The van der Waals surface area contributed by atoms with Crippen molar-refractivity contribution in [1.82, 2.24) is 4.57 Å². The van der Waals surface area contributed by atoms with Gasteiger partial charge in [0.05, 0.1) is 0 Å². The van der Waals surface area contributed by atoms with Crippen LogP contribution in [0.1, 0.15) is 44.7 Å². The lowest BCUT2D eigenvalue weighted by Gasteiger charge is -2.14. The lowest BCUT2D eigenvalue weighted by atomic mass is 9.97. The minimum Gasteiger partial charge on any atom is -0.354 e. The van der Waals surface area contributed by atoms with Gasteiger partial charge in [0.1, 0.15) is 0 Å². The van der Waals surface area contributed by atoms with Gasteiger partial charge in [-0.3, -0.25) is 0 Å². The van der Waals surface area contributed by atoms with E-state index in [0.29, 0.717) is 0 Å². The zero-order valence-electron chi connectivity index (χ0n) is 8.38. The summed E-state index contributed by atoms with van der Waals surface area (Å²) in [4.78, 5) is 0. The summed E-state index contributed by atoms with van der Waals surface area (Å²) in [6.07, 6.45) is 5.98. The molecule has 0 fully saturated rings. The van der Waals surface area contributed by atoms with Gasteiger partial charge in [0.25, 0.3) is 0 Å². The first-order valence-electron chi connectivity index (χ1n) is 4.90. The molecule has 0 saturated heterocycles. The molecule has 0 bridgehead atoms. The molecule has 1 aromatic rings. The van der Waals surface area contributed by atoms with Crippen molar-refractivity contribution in [3.63, 3.8) is 0 Å². The molecule has 0 saturated carbocycles. The van der Waals surface area contributed by atoms with Gasteiger partial charge in [-0.1, -0.05) is 20.3 Å². The average Bonchev–Trinajstić information content (AvgIpc) is 2.47. The maximum Gasteiger partial charge on any atom is 0.0202 e. The van der Waals surface area contributed by atoms with Crippen LogP contribution in [0.2, 0.25) is 0 Å². The fourth-order valence-electron chi connectivity index (χ4n) is 1.81. The van der Waals surface area contributed by atoms with Crippen LogP contribution in [-0.4, -0.2) is 4.57 Å². The van der Waals surface area contributed by atoms with E-state index in [9.17, 15) is 0 Å². The van der Waals surface area contributed by atoms with E-state index in [1.807, 2.05) is 0 Å². The summed E-state index contributed by atoms with van der Waals surface area (Å²) in [7, 11) is 2.13. The normalized spacial score (nSPS) is 13.2. The van der Waals surface area contributed by atoms with Gasteiger partial charge in [0, 0.05) is 18.9 Å². The standard InChI is InChI=1S/C11H19N/c1-4-7-10(5-2)11-8-6-9-12(11)3/h6,8-10H,4-5,7H2,1-3H3. The molecular weight excluding hydrogens is 146 g/mol. The lowest BCUT2D eigenvalue weighted by molar-refractivity contribution is 0.561. The van der Waals surface area contributed by atoms with Crippen molar-refractivity contribution in [2.24, 2.45) is 7.05 Å². The Morgan fingerprint density at radius 1 is 1.42 bits per heavy atom. The van der Waals surface area contributed by atoms with Gasteiger partial charge in [-0.25, -0.2) is 0 Å². The minimum atomic E-state index is 0.759. The molecule has 1 rings (SSSR count). The quantitative estimate of drug-likeness (QED) is 0.645. The first-order chi connectivity index (χ1) is 5.79. The maximum absolute atomic E-state index is 2.27. The predicted octanol–water partition coefficient (Wildman–Crippen LogP) is 3.32. The molecule has 1 unspecified atom stereocenters. The van der Waals surface area contributed by atoms with E-state index in [-0.39, 0.29) is 0 Å². The molecule has 1 aromatic heterocycles. The highest BCUT2D eigenvalue weighted by atomic mass is 14.9. The fraction of sp³-hybridized carbons (Fsp3) is 0.636. The predicted molar refractivity (Wildman–Crippen MR) is 53.4 cm³/mol. The molecule has 0 spiro atoms. The van der Waals surface area contributed by atoms with Crippen molar-refractivity contribution in [2.45, 2.75) is 39.0 Å². The van der Waals surface area contributed by atoms with Crippen molar-refractivity contribution >= 4 is 0 Å². The van der Waals surface area contributed by atoms with Crippen molar-refractivity contribution < 1.29 is 0 Å². The van der Waals surface area contributed by atoms with E-state index in [4.69, 9.17) is 0 Å². The van der Waals surface area contributed by atoms with Crippen LogP contribution in [0.4, 0.5) is 0 Å². The van der Waals surface area contributed by atoms with Crippen molar-refractivity contribution in [3.05, 3.63) is 24.0 Å². The molecule has 0 aliphatic heterocycles. The summed E-state index contributed by atoms with van der Waals surface area (Å²) in [5.74, 6) is 0.759. The van der Waals surface area contributed by atoms with E-state index in [1.165, 1.54) is 25.0 Å². The van der Waals surface area contributed by atoms with Crippen LogP contribution < -0.4 is 0 Å². The number of nitrogens with zero attached hydrogens (tertiary/aromatic N) is 1. The van der Waals surface area contributed by atoms with Crippen molar-refractivity contribution in [3.8, 4) is 0 Å². The SMILES string of the molecule is CCCC(CC)c1cccn1C. The van der Waals surface area contributed by atoms with Crippen LogP contribution in [0, 0.1) is 0 Å². The molecular formula is C11H19N. The van der Waals surface area contributed by atoms with Crippen LogP contribution in [0.25, 0.3) is 0 Å². The third-order valence-electron chi connectivity index (χ3n) is 2.53. The second kappa shape index (κ2) is 4.34. The van der Waals surface area contributed by atoms with E-state index < -0.39 is 0 Å². The Hall–Kier alpha value is -0.720. The zero-order chi connectivity index (χ0) is 8.97. The molecule has 1 heteroatoms. The molecule has 12 heavy (non-hydrogen) atoms. The summed E-state index contributed by atoms with van der Waals surface area (Å²) in [5, 5.41) is 0. The van der Waals surface area contributed by atoms with Gasteiger partial charge in [0.15, 0.2) is 0 Å². The summed E-state index contributed by atoms with van der Waals surface area (Å²) in [6.45, 7) is 4.53. The van der Waals surface area contributed by atoms with E-state index in [2.05, 4.69) is 43.8 Å². The average molecular weight is 165 g/mol. The Morgan fingerprint density at radius 3 is 2.58 bits per heavy atom. The molecule has 1 atom stereocenters. The number of aryl methyl sites for hydroxylation is 1. The topological polar surface area (TPSA) is 4.93 Å². The monoisotopic (exact) mass is 165 g/mol. The Bertz CT molecular complexity index is 225. The van der Waals surface area contributed by atoms with E-state index in [1.54, 1.807) is 0 Å². The third kappa shape index (κ3) is 1.90. The first kappa shape index (κ1) is 9.37. The lowest BCUT2D eigenvalue weighted by Crippen LogP contribution is -2.02. The smallest absolute Gasteiger partial charge is 0.0202 e. The highest BCUT2D eigenvalue weighted by Crippen LogP contribution is 2.24. The zero-order valence-corrected chi connectivity index (χ0v) is 8.38. The Morgan fingerprint density at radius 2 is 2.17 bits per heavy atom. The second-order valence-electron chi connectivity index (χ2n) is 3.44. The Labute approximate surface area is 75.4 Å². The van der Waals surface area contributed by atoms with Crippen LogP contribution in [-0.2, 0) is 7.05 Å². The number of hydrogen-bond donors (Lipinski definition) is 0. The van der Waals surface area contributed by atoms with Crippen LogP contribution >= 0.6 is 0 Å². The van der Waals surface area contributed by atoms with Gasteiger partial charge in [-0.05, 0) is 30.9 Å². The van der Waals surface area contributed by atoms with Gasteiger partial charge >= 0.3 is 0 Å². The van der Waals surface area contributed by atoms with Crippen LogP contribution in [0.15, 0.2) is 18.3 Å². The molecule has 0 aliphatic rings. The number of rotatable bonds is 4. The number of hydrogen-bond acceptors (Lipinski definition) is 0. The van der Waals surface area contributed by atoms with E-state index in [0.717, 1.165) is 5.92 Å². The molecule has 0 radical (unpaired) electrons. The van der Waals surface area contributed by atoms with Gasteiger partial charge in [0.2, 0.25) is 0 Å². The van der Waals surface area contributed by atoms with Gasteiger partial charge in [-0.2, -0.15) is 0 Å². The van der Waals surface area contributed by atoms with Crippen LogP contribution in [0.3, 0.4) is 0 Å². The summed E-state index contributed by atoms with van der Waals surface area (Å²) < 4.78 is 2.24. The summed E-state index contributed by atoms with van der Waals surface area (Å²) in [5.41, 5.74) is 1.49. The first-order valence-corrected chi connectivity index (χ1v) is 4.90. The highest BCUT2D eigenvalue weighted by Gasteiger charge is 2.09. The number of aromatic nitrogens is 1. The second-order valence-corrected chi connectivity index (χ2v) is 3.44. The summed E-state index contributed by atoms with van der Waals surface area (Å²) in [6, 6.07) is 4.37. The molecule has 1 heterocycles.